The second-order valence-electron chi connectivity index (χ2n) is 3.20. The molecular weight excluding hydrogens is 174 g/mol. The first-order valence-corrected chi connectivity index (χ1v) is 4.90. The Bertz CT molecular complexity index is 292. The zero-order valence-electron chi connectivity index (χ0n) is 8.39. The molecule has 74 valence electrons. The highest BCUT2D eigenvalue weighted by Gasteiger charge is 2.04. The van der Waals surface area contributed by atoms with Crippen molar-refractivity contribution < 1.29 is 0 Å². The van der Waals surface area contributed by atoms with E-state index in [1.54, 1.807) is 0 Å². The van der Waals surface area contributed by atoms with Crippen molar-refractivity contribution in [2.45, 2.75) is 25.8 Å². The predicted molar refractivity (Wildman–Crippen MR) is 59.2 cm³/mol. The SMILES string of the molecule is CC/C=C/C(Cc1ccccc1)N=O. The minimum absolute atomic E-state index is 0.225. The number of hydrogen-bond donors (Lipinski definition) is 0. The molecule has 0 aromatic heterocycles. The number of nitroso groups, excluding NO2 is 1. The second-order valence-corrected chi connectivity index (χ2v) is 3.20. The average molecular weight is 189 g/mol. The Morgan fingerprint density at radius 1 is 1.36 bits per heavy atom. The molecule has 0 heterocycles. The average Bonchev–Trinajstić information content (AvgIpc) is 2.25. The largest absolute Gasteiger partial charge is 0.150 e. The first-order valence-electron chi connectivity index (χ1n) is 4.90. The van der Waals surface area contributed by atoms with Crippen molar-refractivity contribution in [3.05, 3.63) is 53.0 Å². The molecule has 0 spiro atoms. The number of allylic oxidation sites excluding steroid dienone is 1. The van der Waals surface area contributed by atoms with Crippen LogP contribution >= 0.6 is 0 Å². The van der Waals surface area contributed by atoms with E-state index >= 15 is 0 Å². The molecule has 0 N–H and O–H groups in total. The third-order valence-electron chi connectivity index (χ3n) is 2.02. The zero-order valence-corrected chi connectivity index (χ0v) is 8.39. The van der Waals surface area contributed by atoms with Crippen molar-refractivity contribution in [3.63, 3.8) is 0 Å². The standard InChI is InChI=1S/C12H15NO/c1-2-3-9-12(13-14)10-11-7-5-4-6-8-11/h3-9,12H,2,10H2,1H3/b9-3+. The van der Waals surface area contributed by atoms with Gasteiger partial charge < -0.3 is 0 Å². The molecule has 0 saturated heterocycles. The summed E-state index contributed by atoms with van der Waals surface area (Å²) in [6.45, 7) is 2.04. The van der Waals surface area contributed by atoms with E-state index in [0.717, 1.165) is 12.0 Å². The minimum atomic E-state index is -0.225. The fourth-order valence-corrected chi connectivity index (χ4v) is 1.29. The fourth-order valence-electron chi connectivity index (χ4n) is 1.29. The summed E-state index contributed by atoms with van der Waals surface area (Å²) in [5.74, 6) is 0. The maximum atomic E-state index is 10.5. The van der Waals surface area contributed by atoms with Crippen LogP contribution in [0.25, 0.3) is 0 Å². The van der Waals surface area contributed by atoms with E-state index in [1.807, 2.05) is 49.4 Å². The van der Waals surface area contributed by atoms with Gasteiger partial charge in [0, 0.05) is 6.42 Å². The van der Waals surface area contributed by atoms with Gasteiger partial charge in [-0.15, -0.1) is 0 Å². The van der Waals surface area contributed by atoms with Gasteiger partial charge in [-0.3, -0.25) is 0 Å². The smallest absolute Gasteiger partial charge is 0.114 e. The van der Waals surface area contributed by atoms with Crippen LogP contribution in [-0.4, -0.2) is 6.04 Å². The maximum Gasteiger partial charge on any atom is 0.114 e. The Labute approximate surface area is 84.6 Å². The van der Waals surface area contributed by atoms with E-state index in [9.17, 15) is 4.91 Å². The lowest BCUT2D eigenvalue weighted by molar-refractivity contribution is 0.801. The first-order chi connectivity index (χ1) is 6.86. The second kappa shape index (κ2) is 6.08. The van der Waals surface area contributed by atoms with Crippen molar-refractivity contribution in [1.82, 2.24) is 0 Å². The van der Waals surface area contributed by atoms with Crippen LogP contribution in [0.15, 0.2) is 47.7 Å². The molecule has 1 unspecified atom stereocenters. The van der Waals surface area contributed by atoms with E-state index < -0.39 is 0 Å². The molecule has 0 amide bonds. The fraction of sp³-hybridized carbons (Fsp3) is 0.333. The highest BCUT2D eigenvalue weighted by Crippen LogP contribution is 2.07. The summed E-state index contributed by atoms with van der Waals surface area (Å²) >= 11 is 0. The Kier molecular flexibility index (Phi) is 4.62. The molecule has 2 heteroatoms. The van der Waals surface area contributed by atoms with Crippen LogP contribution in [0.1, 0.15) is 18.9 Å². The third kappa shape index (κ3) is 3.52. The maximum absolute atomic E-state index is 10.5. The summed E-state index contributed by atoms with van der Waals surface area (Å²) in [7, 11) is 0. The van der Waals surface area contributed by atoms with Crippen molar-refractivity contribution in [2.24, 2.45) is 5.18 Å². The molecule has 1 rings (SSSR count). The Hall–Kier alpha value is -1.44. The van der Waals surface area contributed by atoms with Crippen molar-refractivity contribution in [1.29, 1.82) is 0 Å². The van der Waals surface area contributed by atoms with Gasteiger partial charge in [0.15, 0.2) is 0 Å². The summed E-state index contributed by atoms with van der Waals surface area (Å²) in [6, 6.07) is 9.71. The highest BCUT2D eigenvalue weighted by molar-refractivity contribution is 5.17. The van der Waals surface area contributed by atoms with Crippen LogP contribution < -0.4 is 0 Å². The van der Waals surface area contributed by atoms with Crippen molar-refractivity contribution in [3.8, 4) is 0 Å². The van der Waals surface area contributed by atoms with E-state index in [0.29, 0.717) is 6.42 Å². The summed E-state index contributed by atoms with van der Waals surface area (Å²) in [6.07, 6.45) is 5.50. The number of hydrogen-bond acceptors (Lipinski definition) is 2. The van der Waals surface area contributed by atoms with Gasteiger partial charge in [-0.2, -0.15) is 4.91 Å². The van der Waals surface area contributed by atoms with Crippen LogP contribution in [0, 0.1) is 4.91 Å². The third-order valence-corrected chi connectivity index (χ3v) is 2.02. The molecule has 0 fully saturated rings. The molecule has 0 saturated carbocycles. The molecule has 0 aliphatic rings. The van der Waals surface area contributed by atoms with Gasteiger partial charge in [-0.1, -0.05) is 54.6 Å². The topological polar surface area (TPSA) is 29.4 Å². The van der Waals surface area contributed by atoms with Gasteiger partial charge in [0.05, 0.1) is 0 Å². The molecular formula is C12H15NO. The summed E-state index contributed by atoms with van der Waals surface area (Å²) in [4.78, 5) is 10.5. The van der Waals surface area contributed by atoms with E-state index in [-0.39, 0.29) is 6.04 Å². The van der Waals surface area contributed by atoms with Crippen LogP contribution in [0.4, 0.5) is 0 Å². The number of rotatable bonds is 5. The van der Waals surface area contributed by atoms with Gasteiger partial charge >= 0.3 is 0 Å². The van der Waals surface area contributed by atoms with Crippen LogP contribution in [-0.2, 0) is 6.42 Å². The van der Waals surface area contributed by atoms with Gasteiger partial charge in [0.25, 0.3) is 0 Å². The molecule has 0 aliphatic carbocycles. The van der Waals surface area contributed by atoms with Gasteiger partial charge in [0.1, 0.15) is 6.04 Å². The molecule has 1 aromatic carbocycles. The van der Waals surface area contributed by atoms with E-state index in [4.69, 9.17) is 0 Å². The summed E-state index contributed by atoms with van der Waals surface area (Å²) in [5.41, 5.74) is 1.15. The summed E-state index contributed by atoms with van der Waals surface area (Å²) < 4.78 is 0. The van der Waals surface area contributed by atoms with E-state index in [1.165, 1.54) is 0 Å². The van der Waals surface area contributed by atoms with Crippen molar-refractivity contribution in [2.75, 3.05) is 0 Å². The van der Waals surface area contributed by atoms with E-state index in [2.05, 4.69) is 5.18 Å². The van der Waals surface area contributed by atoms with Crippen LogP contribution in [0.5, 0.6) is 0 Å². The molecule has 2 nitrogen and oxygen atoms in total. The lowest BCUT2D eigenvalue weighted by atomic mass is 10.1. The first kappa shape index (κ1) is 10.6. The summed E-state index contributed by atoms with van der Waals surface area (Å²) in [5, 5.41) is 3.08. The highest BCUT2D eigenvalue weighted by atomic mass is 16.3. The van der Waals surface area contributed by atoms with Gasteiger partial charge in [-0.25, -0.2) is 0 Å². The Morgan fingerprint density at radius 3 is 2.64 bits per heavy atom. The Balaban J connectivity index is 2.57. The Morgan fingerprint density at radius 2 is 2.07 bits per heavy atom. The monoisotopic (exact) mass is 189 g/mol. The lowest BCUT2D eigenvalue weighted by Crippen LogP contribution is -2.03. The number of nitrogens with zero attached hydrogens (tertiary/aromatic N) is 1. The molecule has 1 aromatic rings. The molecule has 1 atom stereocenters. The normalized spacial score (nSPS) is 12.9. The van der Waals surface area contributed by atoms with Gasteiger partial charge in [0.2, 0.25) is 0 Å². The number of benzene rings is 1. The zero-order chi connectivity index (χ0) is 10.2. The molecule has 0 bridgehead atoms. The van der Waals surface area contributed by atoms with Crippen LogP contribution in [0.2, 0.25) is 0 Å². The molecule has 0 aliphatic heterocycles. The molecule has 0 radical (unpaired) electrons. The lowest BCUT2D eigenvalue weighted by Gasteiger charge is -2.03. The predicted octanol–water partition coefficient (Wildman–Crippen LogP) is 3.33. The van der Waals surface area contributed by atoms with Crippen molar-refractivity contribution >= 4 is 0 Å². The molecule has 14 heavy (non-hydrogen) atoms. The van der Waals surface area contributed by atoms with Crippen LogP contribution in [0.3, 0.4) is 0 Å². The quantitative estimate of drug-likeness (QED) is 0.516. The van der Waals surface area contributed by atoms with Gasteiger partial charge in [-0.05, 0) is 12.0 Å². The minimum Gasteiger partial charge on any atom is -0.150 e.